The smallest absolute Gasteiger partial charge is 0.119 e. The van der Waals surface area contributed by atoms with Gasteiger partial charge in [-0.3, -0.25) is 0 Å². The van der Waals surface area contributed by atoms with Crippen LogP contribution in [0.2, 0.25) is 0 Å². The van der Waals surface area contributed by atoms with Crippen molar-refractivity contribution >= 4 is 10.9 Å². The molecular formula is C12H15NO2. The Morgan fingerprint density at radius 1 is 1.33 bits per heavy atom. The fourth-order valence-corrected chi connectivity index (χ4v) is 1.73. The van der Waals surface area contributed by atoms with Crippen molar-refractivity contribution in [2.75, 3.05) is 7.11 Å². The maximum absolute atomic E-state index is 9.98. The number of ether oxygens (including phenoxy) is 1. The van der Waals surface area contributed by atoms with Gasteiger partial charge in [0.25, 0.3) is 0 Å². The molecule has 0 aliphatic rings. The van der Waals surface area contributed by atoms with Crippen molar-refractivity contribution in [2.45, 2.75) is 19.4 Å². The van der Waals surface area contributed by atoms with Gasteiger partial charge >= 0.3 is 0 Å². The predicted octanol–water partition coefficient (Wildman–Crippen LogP) is 2.40. The summed E-state index contributed by atoms with van der Waals surface area (Å²) >= 11 is 0. The molecule has 0 bridgehead atoms. The molecule has 0 aliphatic heterocycles. The molecule has 0 aliphatic carbocycles. The fraction of sp³-hybridized carbons (Fsp3) is 0.333. The summed E-state index contributed by atoms with van der Waals surface area (Å²) in [7, 11) is 1.64. The van der Waals surface area contributed by atoms with E-state index in [1.165, 1.54) is 0 Å². The number of hydrogen-bond donors (Lipinski definition) is 2. The largest absolute Gasteiger partial charge is 0.497 e. The van der Waals surface area contributed by atoms with Crippen LogP contribution in [0.1, 0.15) is 19.4 Å². The van der Waals surface area contributed by atoms with Crippen LogP contribution in [0.4, 0.5) is 0 Å². The van der Waals surface area contributed by atoms with Crippen molar-refractivity contribution in [3.8, 4) is 5.75 Å². The van der Waals surface area contributed by atoms with Crippen LogP contribution in [0.25, 0.3) is 10.9 Å². The lowest BCUT2D eigenvalue weighted by atomic mass is 9.98. The molecule has 0 amide bonds. The predicted molar refractivity (Wildman–Crippen MR) is 60.1 cm³/mol. The average Bonchev–Trinajstić information content (AvgIpc) is 2.59. The number of benzene rings is 1. The van der Waals surface area contributed by atoms with Crippen LogP contribution >= 0.6 is 0 Å². The molecule has 0 atom stereocenters. The molecule has 0 saturated carbocycles. The minimum Gasteiger partial charge on any atom is -0.497 e. The Bertz CT molecular complexity index is 480. The molecule has 0 fully saturated rings. The van der Waals surface area contributed by atoms with E-state index in [2.05, 4.69) is 4.98 Å². The Morgan fingerprint density at radius 3 is 2.67 bits per heavy atom. The number of aliphatic hydroxyl groups is 1. The highest BCUT2D eigenvalue weighted by Crippen LogP contribution is 2.30. The van der Waals surface area contributed by atoms with Gasteiger partial charge in [0, 0.05) is 22.7 Å². The van der Waals surface area contributed by atoms with Gasteiger partial charge in [-0.15, -0.1) is 0 Å². The number of nitrogens with one attached hydrogen (secondary N) is 1. The second kappa shape index (κ2) is 3.28. The third kappa shape index (κ3) is 1.70. The summed E-state index contributed by atoms with van der Waals surface area (Å²) in [5.74, 6) is 0.799. The highest BCUT2D eigenvalue weighted by Gasteiger charge is 2.20. The summed E-state index contributed by atoms with van der Waals surface area (Å²) in [4.78, 5) is 3.13. The average molecular weight is 205 g/mol. The van der Waals surface area contributed by atoms with Gasteiger partial charge in [0.05, 0.1) is 12.7 Å². The molecule has 0 saturated heterocycles. The molecule has 15 heavy (non-hydrogen) atoms. The van der Waals surface area contributed by atoms with Crippen LogP contribution < -0.4 is 4.74 Å². The van der Waals surface area contributed by atoms with Crippen LogP contribution in [0, 0.1) is 0 Å². The normalized spacial score (nSPS) is 12.0. The number of methoxy groups -OCH3 is 1. The van der Waals surface area contributed by atoms with Gasteiger partial charge in [-0.05, 0) is 32.0 Å². The molecule has 3 heteroatoms. The van der Waals surface area contributed by atoms with E-state index in [0.29, 0.717) is 0 Å². The number of H-pyrrole nitrogens is 1. The second-order valence-corrected chi connectivity index (χ2v) is 4.17. The van der Waals surface area contributed by atoms with E-state index in [-0.39, 0.29) is 0 Å². The zero-order valence-electron chi connectivity index (χ0n) is 9.16. The molecule has 2 N–H and O–H groups in total. The maximum Gasteiger partial charge on any atom is 0.119 e. The lowest BCUT2D eigenvalue weighted by molar-refractivity contribution is 0.0802. The van der Waals surface area contributed by atoms with Crippen molar-refractivity contribution in [2.24, 2.45) is 0 Å². The quantitative estimate of drug-likeness (QED) is 0.790. The molecule has 2 rings (SSSR count). The molecule has 3 nitrogen and oxygen atoms in total. The molecule has 80 valence electrons. The molecule has 0 unspecified atom stereocenters. The van der Waals surface area contributed by atoms with Gasteiger partial charge < -0.3 is 14.8 Å². The van der Waals surface area contributed by atoms with E-state index in [9.17, 15) is 5.11 Å². The first-order valence-electron chi connectivity index (χ1n) is 4.90. The monoisotopic (exact) mass is 205 g/mol. The Morgan fingerprint density at radius 2 is 2.07 bits per heavy atom. The van der Waals surface area contributed by atoms with Crippen LogP contribution in [-0.4, -0.2) is 17.2 Å². The van der Waals surface area contributed by atoms with Crippen molar-refractivity contribution < 1.29 is 9.84 Å². The molecular weight excluding hydrogens is 190 g/mol. The second-order valence-electron chi connectivity index (χ2n) is 4.17. The minimum atomic E-state index is -0.843. The van der Waals surface area contributed by atoms with Gasteiger partial charge in [-0.2, -0.15) is 0 Å². The Balaban J connectivity index is 2.67. The zero-order chi connectivity index (χ0) is 11.1. The summed E-state index contributed by atoms with van der Waals surface area (Å²) < 4.78 is 5.16. The molecule has 0 spiro atoms. The topological polar surface area (TPSA) is 45.2 Å². The SMILES string of the molecule is COc1ccc2[nH]cc(C(C)(C)O)c2c1. The van der Waals surface area contributed by atoms with Crippen LogP contribution in [0.5, 0.6) is 5.75 Å². The fourth-order valence-electron chi connectivity index (χ4n) is 1.73. The third-order valence-corrected chi connectivity index (χ3v) is 2.55. The molecule has 2 aromatic rings. The first-order chi connectivity index (χ1) is 7.02. The zero-order valence-corrected chi connectivity index (χ0v) is 9.16. The van der Waals surface area contributed by atoms with E-state index in [1.807, 2.05) is 24.4 Å². The lowest BCUT2D eigenvalue weighted by Crippen LogP contribution is -2.14. The van der Waals surface area contributed by atoms with E-state index >= 15 is 0 Å². The number of fused-ring (bicyclic) bond motifs is 1. The van der Waals surface area contributed by atoms with Gasteiger partial charge in [0.15, 0.2) is 0 Å². The molecule has 0 radical (unpaired) electrons. The Kier molecular flexibility index (Phi) is 2.20. The van der Waals surface area contributed by atoms with E-state index in [4.69, 9.17) is 4.74 Å². The molecule has 1 aromatic heterocycles. The Labute approximate surface area is 88.7 Å². The van der Waals surface area contributed by atoms with Gasteiger partial charge in [0.2, 0.25) is 0 Å². The third-order valence-electron chi connectivity index (χ3n) is 2.55. The first kappa shape index (κ1) is 10.1. The summed E-state index contributed by atoms with van der Waals surface area (Å²) in [6.45, 7) is 3.55. The van der Waals surface area contributed by atoms with Crippen LogP contribution in [0.3, 0.4) is 0 Å². The molecule has 1 heterocycles. The number of aromatic amines is 1. The van der Waals surface area contributed by atoms with Crippen molar-refractivity contribution in [1.82, 2.24) is 4.98 Å². The first-order valence-corrected chi connectivity index (χ1v) is 4.90. The summed E-state index contributed by atoms with van der Waals surface area (Å²) in [5.41, 5.74) is 1.05. The molecule has 1 aromatic carbocycles. The highest BCUT2D eigenvalue weighted by molar-refractivity contribution is 5.85. The van der Waals surface area contributed by atoms with E-state index < -0.39 is 5.60 Å². The van der Waals surface area contributed by atoms with Crippen molar-refractivity contribution in [3.63, 3.8) is 0 Å². The highest BCUT2D eigenvalue weighted by atomic mass is 16.5. The van der Waals surface area contributed by atoms with Crippen LogP contribution in [-0.2, 0) is 5.60 Å². The van der Waals surface area contributed by atoms with Gasteiger partial charge in [-0.25, -0.2) is 0 Å². The van der Waals surface area contributed by atoms with E-state index in [1.54, 1.807) is 21.0 Å². The van der Waals surface area contributed by atoms with Crippen LogP contribution in [0.15, 0.2) is 24.4 Å². The van der Waals surface area contributed by atoms with Gasteiger partial charge in [-0.1, -0.05) is 0 Å². The van der Waals surface area contributed by atoms with Crippen molar-refractivity contribution in [3.05, 3.63) is 30.0 Å². The Hall–Kier alpha value is -1.48. The van der Waals surface area contributed by atoms with E-state index in [0.717, 1.165) is 22.2 Å². The number of aromatic nitrogens is 1. The lowest BCUT2D eigenvalue weighted by Gasteiger charge is -2.16. The number of rotatable bonds is 2. The minimum absolute atomic E-state index is 0.799. The number of hydrogen-bond acceptors (Lipinski definition) is 2. The maximum atomic E-state index is 9.98. The summed E-state index contributed by atoms with van der Waals surface area (Å²) in [6.07, 6.45) is 1.84. The summed E-state index contributed by atoms with van der Waals surface area (Å²) in [5, 5.41) is 11.0. The standard InChI is InChI=1S/C12H15NO2/c1-12(2,14)10-7-13-11-5-4-8(15-3)6-9(10)11/h4-7,13-14H,1-3H3. The van der Waals surface area contributed by atoms with Crippen molar-refractivity contribution in [1.29, 1.82) is 0 Å². The van der Waals surface area contributed by atoms with Gasteiger partial charge in [0.1, 0.15) is 5.75 Å². The summed E-state index contributed by atoms with van der Waals surface area (Å²) in [6, 6.07) is 5.77.